The van der Waals surface area contributed by atoms with E-state index < -0.39 is 6.03 Å². The van der Waals surface area contributed by atoms with E-state index >= 15 is 0 Å². The van der Waals surface area contributed by atoms with E-state index in [0.29, 0.717) is 11.6 Å². The molecular weight excluding hydrogens is 290 g/mol. The lowest BCUT2D eigenvalue weighted by Gasteiger charge is -2.07. The van der Waals surface area contributed by atoms with Crippen molar-refractivity contribution < 1.29 is 9.53 Å². The molecule has 108 valence electrons. The predicted octanol–water partition coefficient (Wildman–Crippen LogP) is 2.92. The van der Waals surface area contributed by atoms with Gasteiger partial charge >= 0.3 is 6.03 Å². The molecule has 6 heteroatoms. The van der Waals surface area contributed by atoms with E-state index in [4.69, 9.17) is 22.1 Å². The number of primary amides is 1. The number of amides is 2. The highest BCUT2D eigenvalue weighted by molar-refractivity contribution is 6.31. The van der Waals surface area contributed by atoms with E-state index in [-0.39, 0.29) is 0 Å². The highest BCUT2D eigenvalue weighted by Crippen LogP contribution is 2.18. The molecule has 0 spiro atoms. The molecule has 0 radical (unpaired) electrons. The lowest BCUT2D eigenvalue weighted by atomic mass is 10.2. The van der Waals surface area contributed by atoms with Crippen molar-refractivity contribution in [3.8, 4) is 5.75 Å². The fourth-order valence-corrected chi connectivity index (χ4v) is 1.79. The quantitative estimate of drug-likeness (QED) is 0.658. The number of carbonyl (C=O) groups excluding carboxylic acids is 1. The fourth-order valence-electron chi connectivity index (χ4n) is 1.60. The van der Waals surface area contributed by atoms with Gasteiger partial charge in [0, 0.05) is 10.6 Å². The summed E-state index contributed by atoms with van der Waals surface area (Å²) in [5.41, 5.74) is 8.76. The molecule has 2 rings (SSSR count). The lowest BCUT2D eigenvalue weighted by molar-refractivity contribution is 0.249. The Hall–Kier alpha value is -2.53. The SMILES string of the molecule is NC(=O)NN=Cc1ccc(OCc2ccccc2Cl)cc1. The number of urea groups is 1. The number of carbonyl (C=O) groups is 1. The second kappa shape index (κ2) is 7.31. The van der Waals surface area contributed by atoms with Gasteiger partial charge in [-0.25, -0.2) is 10.2 Å². The van der Waals surface area contributed by atoms with Crippen LogP contribution in [0.2, 0.25) is 5.02 Å². The summed E-state index contributed by atoms with van der Waals surface area (Å²) < 4.78 is 5.65. The van der Waals surface area contributed by atoms with Gasteiger partial charge in [-0.1, -0.05) is 29.8 Å². The van der Waals surface area contributed by atoms with Crippen LogP contribution in [0.1, 0.15) is 11.1 Å². The Morgan fingerprint density at radius 2 is 1.95 bits per heavy atom. The van der Waals surface area contributed by atoms with Gasteiger partial charge in [-0.2, -0.15) is 5.10 Å². The molecule has 0 atom stereocenters. The molecule has 0 fully saturated rings. The number of nitrogens with two attached hydrogens (primary N) is 1. The second-order valence-electron chi connectivity index (χ2n) is 4.18. The average Bonchev–Trinajstić information content (AvgIpc) is 2.47. The number of hydrazone groups is 1. The monoisotopic (exact) mass is 303 g/mol. The van der Waals surface area contributed by atoms with Gasteiger partial charge in [-0.3, -0.25) is 0 Å². The Morgan fingerprint density at radius 1 is 1.24 bits per heavy atom. The summed E-state index contributed by atoms with van der Waals surface area (Å²) in [5.74, 6) is 0.718. The molecule has 0 saturated heterocycles. The molecule has 3 N–H and O–H groups in total. The summed E-state index contributed by atoms with van der Waals surface area (Å²) in [4.78, 5) is 10.5. The molecule has 2 amide bonds. The first-order valence-corrected chi connectivity index (χ1v) is 6.58. The van der Waals surface area contributed by atoms with E-state index in [0.717, 1.165) is 16.9 Å². The Bertz CT molecular complexity index is 642. The van der Waals surface area contributed by atoms with Gasteiger partial charge in [0.1, 0.15) is 12.4 Å². The van der Waals surface area contributed by atoms with Crippen molar-refractivity contribution in [2.24, 2.45) is 10.8 Å². The molecule has 0 unspecified atom stereocenters. The first-order valence-electron chi connectivity index (χ1n) is 6.20. The van der Waals surface area contributed by atoms with Gasteiger partial charge < -0.3 is 10.5 Å². The van der Waals surface area contributed by atoms with Crippen LogP contribution in [-0.4, -0.2) is 12.2 Å². The first-order chi connectivity index (χ1) is 10.1. The van der Waals surface area contributed by atoms with Crippen molar-refractivity contribution in [2.75, 3.05) is 0 Å². The maximum Gasteiger partial charge on any atom is 0.332 e. The molecule has 0 saturated carbocycles. The first kappa shape index (κ1) is 14.9. The second-order valence-corrected chi connectivity index (χ2v) is 4.59. The number of ether oxygens (including phenoxy) is 1. The Balaban J connectivity index is 1.92. The van der Waals surface area contributed by atoms with Crippen LogP contribution in [0.4, 0.5) is 4.79 Å². The standard InChI is InChI=1S/C15H14ClN3O2/c16-14-4-2-1-3-12(14)10-21-13-7-5-11(6-8-13)9-18-19-15(17)20/h1-9H,10H2,(H3,17,19,20). The van der Waals surface area contributed by atoms with E-state index in [9.17, 15) is 4.79 Å². The van der Waals surface area contributed by atoms with Gasteiger partial charge in [-0.05, 0) is 35.9 Å². The van der Waals surface area contributed by atoms with Crippen LogP contribution in [0.25, 0.3) is 0 Å². The third-order valence-electron chi connectivity index (χ3n) is 2.62. The highest BCUT2D eigenvalue weighted by atomic mass is 35.5. The summed E-state index contributed by atoms with van der Waals surface area (Å²) in [7, 11) is 0. The number of nitrogens with zero attached hydrogens (tertiary/aromatic N) is 1. The maximum absolute atomic E-state index is 10.5. The zero-order valence-corrected chi connectivity index (χ0v) is 11.9. The maximum atomic E-state index is 10.5. The Morgan fingerprint density at radius 3 is 2.62 bits per heavy atom. The largest absolute Gasteiger partial charge is 0.489 e. The summed E-state index contributed by atoms with van der Waals surface area (Å²) in [5, 5.41) is 4.35. The van der Waals surface area contributed by atoms with Crippen molar-refractivity contribution >= 4 is 23.8 Å². The Kier molecular flexibility index (Phi) is 5.17. The minimum absolute atomic E-state index is 0.399. The van der Waals surface area contributed by atoms with Crippen molar-refractivity contribution in [2.45, 2.75) is 6.61 Å². The van der Waals surface area contributed by atoms with E-state index in [2.05, 4.69) is 10.5 Å². The number of rotatable bonds is 5. The smallest absolute Gasteiger partial charge is 0.332 e. The van der Waals surface area contributed by atoms with Crippen molar-refractivity contribution in [1.29, 1.82) is 0 Å². The van der Waals surface area contributed by atoms with Crippen molar-refractivity contribution in [1.82, 2.24) is 5.43 Å². The fraction of sp³-hybridized carbons (Fsp3) is 0.0667. The van der Waals surface area contributed by atoms with Crippen LogP contribution in [0.15, 0.2) is 53.6 Å². The van der Waals surface area contributed by atoms with Gasteiger partial charge in [0.15, 0.2) is 0 Å². The van der Waals surface area contributed by atoms with Crippen LogP contribution in [0, 0.1) is 0 Å². The van der Waals surface area contributed by atoms with Crippen LogP contribution in [0.3, 0.4) is 0 Å². The molecule has 0 bridgehead atoms. The molecule has 0 aliphatic carbocycles. The van der Waals surface area contributed by atoms with Gasteiger partial charge in [0.2, 0.25) is 0 Å². The minimum Gasteiger partial charge on any atom is -0.489 e. The summed E-state index contributed by atoms with van der Waals surface area (Å²) in [6.07, 6.45) is 1.49. The van der Waals surface area contributed by atoms with Crippen molar-refractivity contribution in [3.05, 3.63) is 64.7 Å². The number of halogens is 1. The zero-order chi connectivity index (χ0) is 15.1. The molecule has 0 aliphatic heterocycles. The van der Waals surface area contributed by atoms with Crippen LogP contribution >= 0.6 is 11.6 Å². The van der Waals surface area contributed by atoms with Crippen LogP contribution in [-0.2, 0) is 6.61 Å². The molecular formula is C15H14ClN3O2. The highest BCUT2D eigenvalue weighted by Gasteiger charge is 2.00. The summed E-state index contributed by atoms with van der Waals surface area (Å²) in [6.45, 7) is 0.399. The number of benzene rings is 2. The normalized spacial score (nSPS) is 10.5. The molecule has 0 aromatic heterocycles. The molecule has 21 heavy (non-hydrogen) atoms. The third kappa shape index (κ3) is 4.81. The number of hydrogen-bond acceptors (Lipinski definition) is 3. The lowest BCUT2D eigenvalue weighted by Crippen LogP contribution is -2.24. The molecule has 2 aromatic rings. The Labute approximate surface area is 127 Å². The van der Waals surface area contributed by atoms with Crippen LogP contribution in [0.5, 0.6) is 5.75 Å². The molecule has 0 aliphatic rings. The number of hydrogen-bond donors (Lipinski definition) is 2. The van der Waals surface area contributed by atoms with Crippen LogP contribution < -0.4 is 15.9 Å². The van der Waals surface area contributed by atoms with Crippen molar-refractivity contribution in [3.63, 3.8) is 0 Å². The van der Waals surface area contributed by atoms with Gasteiger partial charge in [0.25, 0.3) is 0 Å². The summed E-state index contributed by atoms with van der Waals surface area (Å²) in [6, 6.07) is 14.1. The van der Waals surface area contributed by atoms with E-state index in [1.54, 1.807) is 0 Å². The number of nitrogens with one attached hydrogen (secondary N) is 1. The average molecular weight is 304 g/mol. The van der Waals surface area contributed by atoms with Gasteiger partial charge in [0.05, 0.1) is 6.21 Å². The zero-order valence-electron chi connectivity index (χ0n) is 11.1. The topological polar surface area (TPSA) is 76.7 Å². The molecule has 0 heterocycles. The minimum atomic E-state index is -0.703. The summed E-state index contributed by atoms with van der Waals surface area (Å²) >= 11 is 6.06. The molecule has 2 aromatic carbocycles. The van der Waals surface area contributed by atoms with E-state index in [1.807, 2.05) is 48.5 Å². The van der Waals surface area contributed by atoms with Gasteiger partial charge in [-0.15, -0.1) is 0 Å². The molecule has 5 nitrogen and oxygen atoms in total. The van der Waals surface area contributed by atoms with E-state index in [1.165, 1.54) is 6.21 Å². The third-order valence-corrected chi connectivity index (χ3v) is 2.99. The predicted molar refractivity (Wildman–Crippen MR) is 82.5 cm³/mol.